The third kappa shape index (κ3) is 1.49. The molecule has 2 atom stereocenters. The number of alkyl halides is 2. The maximum absolute atomic E-state index is 6.20. The normalized spacial score (nSPS) is 32.5. The van der Waals surface area contributed by atoms with Crippen molar-refractivity contribution in [3.05, 3.63) is 16.5 Å². The molecule has 0 aromatic carbocycles. The van der Waals surface area contributed by atoms with Gasteiger partial charge in [0.2, 0.25) is 5.22 Å². The van der Waals surface area contributed by atoms with Crippen LogP contribution in [0.2, 0.25) is 5.22 Å². The van der Waals surface area contributed by atoms with E-state index in [1.54, 1.807) is 0 Å². The molecule has 1 fully saturated rings. The van der Waals surface area contributed by atoms with Crippen molar-refractivity contribution in [1.29, 1.82) is 0 Å². The van der Waals surface area contributed by atoms with Gasteiger partial charge in [0.25, 0.3) is 0 Å². The lowest BCUT2D eigenvalue weighted by Crippen LogP contribution is -2.00. The summed E-state index contributed by atoms with van der Waals surface area (Å²) in [6, 6.07) is 0. The molecule has 3 rings (SSSR count). The smallest absolute Gasteiger partial charge is 0.229 e. The molecule has 0 amide bonds. The zero-order valence-electron chi connectivity index (χ0n) is 7.97. The summed E-state index contributed by atoms with van der Waals surface area (Å²) in [4.78, 5) is 0. The summed E-state index contributed by atoms with van der Waals surface area (Å²) in [5.41, 5.74) is 2.03. The Morgan fingerprint density at radius 2 is 1.87 bits per heavy atom. The molecule has 1 saturated carbocycles. The highest BCUT2D eigenvalue weighted by Gasteiger charge is 2.62. The maximum Gasteiger partial charge on any atom is 0.229 e. The first-order chi connectivity index (χ1) is 7.10. The van der Waals surface area contributed by atoms with E-state index >= 15 is 0 Å². The van der Waals surface area contributed by atoms with Gasteiger partial charge in [-0.2, -0.15) is 0 Å². The Morgan fingerprint density at radius 1 is 1.20 bits per heavy atom. The summed E-state index contributed by atoms with van der Waals surface area (Å²) < 4.78 is 4.47. The number of fused-ring (bicyclic) bond motifs is 2. The van der Waals surface area contributed by atoms with Crippen molar-refractivity contribution in [3.8, 4) is 0 Å². The zero-order valence-corrected chi connectivity index (χ0v) is 10.2. The molecule has 0 bridgehead atoms. The molecule has 2 nitrogen and oxygen atoms in total. The van der Waals surface area contributed by atoms with Gasteiger partial charge in [0.05, 0.1) is 5.69 Å². The van der Waals surface area contributed by atoms with Crippen LogP contribution in [0.4, 0.5) is 0 Å². The molecule has 0 saturated heterocycles. The molecule has 1 aromatic heterocycles. The van der Waals surface area contributed by atoms with Crippen LogP contribution in [-0.4, -0.2) is 9.49 Å². The second-order valence-electron chi connectivity index (χ2n) is 4.35. The number of aromatic nitrogens is 1. The third-order valence-electron chi connectivity index (χ3n) is 3.58. The van der Waals surface area contributed by atoms with Crippen LogP contribution in [0.3, 0.4) is 0 Å². The Labute approximate surface area is 103 Å². The minimum atomic E-state index is -0.507. The van der Waals surface area contributed by atoms with Crippen molar-refractivity contribution in [1.82, 2.24) is 5.16 Å². The van der Waals surface area contributed by atoms with Gasteiger partial charge in [-0.25, -0.2) is 0 Å². The molecular formula is C10H10Cl3NO. The summed E-state index contributed by atoms with van der Waals surface area (Å²) in [5.74, 6) is 0.837. The monoisotopic (exact) mass is 265 g/mol. The molecule has 0 aliphatic heterocycles. The highest BCUT2D eigenvalue weighted by Crippen LogP contribution is 2.63. The predicted molar refractivity (Wildman–Crippen MR) is 59.6 cm³/mol. The first-order valence-electron chi connectivity index (χ1n) is 5.11. The van der Waals surface area contributed by atoms with Crippen LogP contribution in [0.25, 0.3) is 0 Å². The number of rotatable bonds is 0. The second-order valence-corrected chi connectivity index (χ2v) is 6.13. The molecular weight excluding hydrogens is 256 g/mol. The van der Waals surface area contributed by atoms with Crippen LogP contribution in [-0.2, 0) is 12.8 Å². The van der Waals surface area contributed by atoms with Gasteiger partial charge in [0, 0.05) is 5.56 Å². The number of hydrogen-bond acceptors (Lipinski definition) is 2. The van der Waals surface area contributed by atoms with E-state index in [0.29, 0.717) is 17.1 Å². The van der Waals surface area contributed by atoms with Gasteiger partial charge in [-0.15, -0.1) is 23.2 Å². The first-order valence-corrected chi connectivity index (χ1v) is 6.25. The maximum atomic E-state index is 6.20. The summed E-state index contributed by atoms with van der Waals surface area (Å²) in [5, 5.41) is 4.40. The Bertz CT molecular complexity index is 401. The molecule has 2 aliphatic rings. The van der Waals surface area contributed by atoms with E-state index in [-0.39, 0.29) is 0 Å². The minimum absolute atomic E-state index is 0.417. The Kier molecular flexibility index (Phi) is 2.24. The molecule has 0 radical (unpaired) electrons. The van der Waals surface area contributed by atoms with Crippen molar-refractivity contribution >= 4 is 34.8 Å². The summed E-state index contributed by atoms with van der Waals surface area (Å²) in [7, 11) is 0. The molecule has 0 unspecified atom stereocenters. The van der Waals surface area contributed by atoms with Crippen molar-refractivity contribution in [2.75, 3.05) is 0 Å². The van der Waals surface area contributed by atoms with E-state index in [1.807, 2.05) is 0 Å². The zero-order chi connectivity index (χ0) is 10.6. The van der Waals surface area contributed by atoms with E-state index in [4.69, 9.17) is 39.3 Å². The Balaban J connectivity index is 1.86. The van der Waals surface area contributed by atoms with Crippen molar-refractivity contribution in [3.63, 3.8) is 0 Å². The average molecular weight is 267 g/mol. The quantitative estimate of drug-likeness (QED) is 0.670. The van der Waals surface area contributed by atoms with Gasteiger partial charge in [-0.1, -0.05) is 5.16 Å². The standard InChI is InChI=1S/C10H10Cl3NO/c11-9-5-1-2-6-7(10(6,12)13)3-4-8(5)14-15-9/h6-7H,1-4H2/t6-,7-/m1/s1. The van der Waals surface area contributed by atoms with Crippen LogP contribution in [0, 0.1) is 11.8 Å². The number of halogens is 3. The van der Waals surface area contributed by atoms with Crippen LogP contribution in [0.15, 0.2) is 4.52 Å². The third-order valence-corrected chi connectivity index (χ3v) is 5.00. The van der Waals surface area contributed by atoms with Crippen molar-refractivity contribution in [2.24, 2.45) is 11.8 Å². The van der Waals surface area contributed by atoms with Crippen LogP contribution in [0.1, 0.15) is 24.1 Å². The molecule has 5 heteroatoms. The molecule has 2 aliphatic carbocycles. The van der Waals surface area contributed by atoms with E-state index in [2.05, 4.69) is 5.16 Å². The fourth-order valence-electron chi connectivity index (χ4n) is 2.60. The van der Waals surface area contributed by atoms with Gasteiger partial charge in [-0.05, 0) is 49.1 Å². The largest absolute Gasteiger partial charge is 0.344 e. The molecule has 0 spiro atoms. The van der Waals surface area contributed by atoms with Gasteiger partial charge >= 0.3 is 0 Å². The predicted octanol–water partition coefficient (Wildman–Crippen LogP) is 3.63. The number of hydrogen-bond donors (Lipinski definition) is 0. The highest BCUT2D eigenvalue weighted by molar-refractivity contribution is 6.51. The summed E-state index contributed by atoms with van der Waals surface area (Å²) >= 11 is 18.3. The average Bonchev–Trinajstić information content (AvgIpc) is 2.47. The fraction of sp³-hybridized carbons (Fsp3) is 0.700. The first kappa shape index (κ1) is 10.2. The minimum Gasteiger partial charge on any atom is -0.344 e. The molecule has 1 aromatic rings. The fourth-order valence-corrected chi connectivity index (χ4v) is 3.75. The molecule has 82 valence electrons. The van der Waals surface area contributed by atoms with Crippen LogP contribution >= 0.6 is 34.8 Å². The van der Waals surface area contributed by atoms with Crippen LogP contribution in [0.5, 0.6) is 0 Å². The second kappa shape index (κ2) is 3.28. The lowest BCUT2D eigenvalue weighted by atomic mass is 9.99. The van der Waals surface area contributed by atoms with Crippen molar-refractivity contribution < 1.29 is 4.52 Å². The number of nitrogens with zero attached hydrogens (tertiary/aromatic N) is 1. The topological polar surface area (TPSA) is 26.0 Å². The highest BCUT2D eigenvalue weighted by atomic mass is 35.5. The lowest BCUT2D eigenvalue weighted by molar-refractivity contribution is 0.411. The van der Waals surface area contributed by atoms with E-state index in [9.17, 15) is 0 Å². The lowest BCUT2D eigenvalue weighted by Gasteiger charge is -2.04. The van der Waals surface area contributed by atoms with E-state index in [1.165, 1.54) is 0 Å². The number of aryl methyl sites for hydroxylation is 1. The summed E-state index contributed by atoms with van der Waals surface area (Å²) in [6.07, 6.45) is 3.70. The van der Waals surface area contributed by atoms with Crippen LogP contribution < -0.4 is 0 Å². The molecule has 0 N–H and O–H groups in total. The molecule has 1 heterocycles. The summed E-state index contributed by atoms with van der Waals surface area (Å²) in [6.45, 7) is 0. The van der Waals surface area contributed by atoms with Gasteiger partial charge in [0.15, 0.2) is 0 Å². The molecule has 15 heavy (non-hydrogen) atoms. The SMILES string of the molecule is Clc1onc2c1CC[C@@H]1[C@@H](CC2)C1(Cl)Cl. The van der Waals surface area contributed by atoms with Gasteiger partial charge < -0.3 is 4.52 Å². The van der Waals surface area contributed by atoms with E-state index in [0.717, 1.165) is 36.9 Å². The van der Waals surface area contributed by atoms with E-state index < -0.39 is 4.33 Å². The Morgan fingerprint density at radius 3 is 2.60 bits per heavy atom. The van der Waals surface area contributed by atoms with Crippen molar-refractivity contribution in [2.45, 2.75) is 30.0 Å². The van der Waals surface area contributed by atoms with Gasteiger partial charge in [0.1, 0.15) is 4.33 Å². The van der Waals surface area contributed by atoms with Gasteiger partial charge in [-0.3, -0.25) is 0 Å². The Hall–Kier alpha value is 0.0800.